The molecule has 0 radical (unpaired) electrons. The van der Waals surface area contributed by atoms with Crippen LogP contribution >= 0.6 is 31.9 Å². The third-order valence-electron chi connectivity index (χ3n) is 3.65. The summed E-state index contributed by atoms with van der Waals surface area (Å²) in [6.45, 7) is 7.96. The first-order valence-corrected chi connectivity index (χ1v) is 9.48. The third kappa shape index (κ3) is 6.08. The summed E-state index contributed by atoms with van der Waals surface area (Å²) in [6, 6.07) is 6.54. The Balaban J connectivity index is 1.86. The lowest BCUT2D eigenvalue weighted by Crippen LogP contribution is -2.49. The Kier molecular flexibility index (Phi) is 6.51. The summed E-state index contributed by atoms with van der Waals surface area (Å²) < 4.78 is 7.57. The number of nitrogens with zero attached hydrogens (tertiary/aromatic N) is 1. The fourth-order valence-electron chi connectivity index (χ4n) is 2.55. The van der Waals surface area contributed by atoms with Crippen LogP contribution in [0.1, 0.15) is 39.2 Å². The van der Waals surface area contributed by atoms with E-state index >= 15 is 0 Å². The van der Waals surface area contributed by atoms with Gasteiger partial charge in [-0.25, -0.2) is 4.79 Å². The highest BCUT2D eigenvalue weighted by molar-refractivity contribution is 9.13. The van der Waals surface area contributed by atoms with Crippen LogP contribution < -0.4 is 5.32 Å². The number of amides is 1. The predicted octanol–water partition coefficient (Wildman–Crippen LogP) is 4.70. The fraction of sp³-hybridized carbons (Fsp3) is 0.588. The Bertz CT molecular complexity index is 558. The van der Waals surface area contributed by atoms with Crippen molar-refractivity contribution in [2.75, 3.05) is 13.1 Å². The van der Waals surface area contributed by atoms with Crippen molar-refractivity contribution >= 4 is 38.0 Å². The third-order valence-corrected chi connectivity index (χ3v) is 5.53. The summed E-state index contributed by atoms with van der Waals surface area (Å²) in [6.07, 6.45) is 1.87. The van der Waals surface area contributed by atoms with E-state index in [-0.39, 0.29) is 6.09 Å². The van der Waals surface area contributed by atoms with Crippen molar-refractivity contribution < 1.29 is 9.53 Å². The second-order valence-electron chi connectivity index (χ2n) is 6.89. The summed E-state index contributed by atoms with van der Waals surface area (Å²) in [4.78, 5) is 14.0. The number of benzene rings is 1. The van der Waals surface area contributed by atoms with Crippen molar-refractivity contribution in [3.63, 3.8) is 0 Å². The van der Waals surface area contributed by atoms with Gasteiger partial charge in [-0.05, 0) is 83.2 Å². The van der Waals surface area contributed by atoms with Crippen LogP contribution in [0.25, 0.3) is 0 Å². The number of halogens is 2. The SMILES string of the molecule is CC(C)(C)OC(=O)N1CCCC(NCc2ccc(Br)c(Br)c2)C1. The van der Waals surface area contributed by atoms with Crippen molar-refractivity contribution in [3.05, 3.63) is 32.7 Å². The van der Waals surface area contributed by atoms with Gasteiger partial charge in [0, 0.05) is 34.6 Å². The molecule has 128 valence electrons. The van der Waals surface area contributed by atoms with Gasteiger partial charge in [0.25, 0.3) is 0 Å². The van der Waals surface area contributed by atoms with Gasteiger partial charge >= 0.3 is 6.09 Å². The molecule has 0 spiro atoms. The zero-order valence-corrected chi connectivity index (χ0v) is 17.0. The van der Waals surface area contributed by atoms with E-state index in [0.717, 1.165) is 34.9 Å². The van der Waals surface area contributed by atoms with Crippen molar-refractivity contribution in [3.8, 4) is 0 Å². The number of rotatable bonds is 3. The van der Waals surface area contributed by atoms with Gasteiger partial charge in [-0.15, -0.1) is 0 Å². The molecule has 0 aromatic heterocycles. The standard InChI is InChI=1S/C17H24Br2N2O2/c1-17(2,3)23-16(22)21-8-4-5-13(11-21)20-10-12-6-7-14(18)15(19)9-12/h6-7,9,13,20H,4-5,8,10-11H2,1-3H3. The molecule has 1 aliphatic rings. The van der Waals surface area contributed by atoms with Crippen molar-refractivity contribution in [2.45, 2.75) is 51.8 Å². The largest absolute Gasteiger partial charge is 0.444 e. The minimum atomic E-state index is -0.443. The Morgan fingerprint density at radius 2 is 2.09 bits per heavy atom. The Labute approximate surface area is 155 Å². The van der Waals surface area contributed by atoms with Crippen LogP contribution in [0, 0.1) is 0 Å². The van der Waals surface area contributed by atoms with Crippen molar-refractivity contribution in [2.24, 2.45) is 0 Å². The van der Waals surface area contributed by atoms with Crippen LogP contribution in [-0.2, 0) is 11.3 Å². The number of piperidine rings is 1. The molecule has 1 unspecified atom stereocenters. The highest BCUT2D eigenvalue weighted by Crippen LogP contribution is 2.24. The maximum atomic E-state index is 12.2. The van der Waals surface area contributed by atoms with E-state index < -0.39 is 5.60 Å². The normalized spacial score (nSPS) is 18.8. The number of hydrogen-bond acceptors (Lipinski definition) is 3. The van der Waals surface area contributed by atoms with Crippen LogP contribution in [0.15, 0.2) is 27.1 Å². The molecule has 1 N–H and O–H groups in total. The summed E-state index contributed by atoms with van der Waals surface area (Å²) in [5.74, 6) is 0. The number of ether oxygens (including phenoxy) is 1. The monoisotopic (exact) mass is 446 g/mol. The van der Waals surface area contributed by atoms with E-state index in [2.05, 4.69) is 49.3 Å². The van der Waals surface area contributed by atoms with Gasteiger partial charge in [-0.1, -0.05) is 6.07 Å². The number of hydrogen-bond donors (Lipinski definition) is 1. The molecular weight excluding hydrogens is 424 g/mol. The van der Waals surface area contributed by atoms with E-state index in [1.807, 2.05) is 31.7 Å². The maximum Gasteiger partial charge on any atom is 0.410 e. The van der Waals surface area contributed by atoms with Gasteiger partial charge in [0.2, 0.25) is 0 Å². The molecule has 0 saturated carbocycles. The molecule has 1 aromatic carbocycles. The van der Waals surface area contributed by atoms with E-state index in [4.69, 9.17) is 4.74 Å². The molecule has 6 heteroatoms. The highest BCUT2D eigenvalue weighted by Gasteiger charge is 2.27. The average molecular weight is 448 g/mol. The van der Waals surface area contributed by atoms with Gasteiger partial charge in [-0.3, -0.25) is 0 Å². The predicted molar refractivity (Wildman–Crippen MR) is 99.5 cm³/mol. The zero-order valence-electron chi connectivity index (χ0n) is 13.9. The number of likely N-dealkylation sites (tertiary alicyclic amines) is 1. The van der Waals surface area contributed by atoms with Crippen LogP contribution in [0.3, 0.4) is 0 Å². The average Bonchev–Trinajstić information content (AvgIpc) is 2.47. The van der Waals surface area contributed by atoms with Gasteiger partial charge in [-0.2, -0.15) is 0 Å². The summed E-state index contributed by atoms with van der Waals surface area (Å²) in [5, 5.41) is 3.55. The first kappa shape index (κ1) is 18.7. The van der Waals surface area contributed by atoms with E-state index in [1.54, 1.807) is 0 Å². The van der Waals surface area contributed by atoms with Crippen LogP contribution in [0.5, 0.6) is 0 Å². The lowest BCUT2D eigenvalue weighted by atomic mass is 10.1. The van der Waals surface area contributed by atoms with E-state index in [9.17, 15) is 4.79 Å². The minimum Gasteiger partial charge on any atom is -0.444 e. The van der Waals surface area contributed by atoms with Crippen molar-refractivity contribution in [1.29, 1.82) is 0 Å². The topological polar surface area (TPSA) is 41.6 Å². The van der Waals surface area contributed by atoms with E-state index in [0.29, 0.717) is 12.6 Å². The molecular formula is C17H24Br2N2O2. The second-order valence-corrected chi connectivity index (χ2v) is 8.60. The Morgan fingerprint density at radius 3 is 2.74 bits per heavy atom. The summed E-state index contributed by atoms with van der Waals surface area (Å²) in [5.41, 5.74) is 0.774. The Hall–Kier alpha value is -0.590. The first-order valence-electron chi connectivity index (χ1n) is 7.90. The Morgan fingerprint density at radius 1 is 1.35 bits per heavy atom. The number of nitrogens with one attached hydrogen (secondary N) is 1. The molecule has 23 heavy (non-hydrogen) atoms. The molecule has 0 bridgehead atoms. The molecule has 1 aromatic rings. The first-order chi connectivity index (χ1) is 10.7. The minimum absolute atomic E-state index is 0.213. The molecule has 4 nitrogen and oxygen atoms in total. The molecule has 2 rings (SSSR count). The summed E-state index contributed by atoms with van der Waals surface area (Å²) in [7, 11) is 0. The van der Waals surface area contributed by atoms with Crippen LogP contribution in [0.2, 0.25) is 0 Å². The molecule has 1 atom stereocenters. The van der Waals surface area contributed by atoms with Gasteiger partial charge in [0.15, 0.2) is 0 Å². The maximum absolute atomic E-state index is 12.2. The zero-order chi connectivity index (χ0) is 17.0. The van der Waals surface area contributed by atoms with Crippen molar-refractivity contribution in [1.82, 2.24) is 10.2 Å². The lowest BCUT2D eigenvalue weighted by Gasteiger charge is -2.34. The second kappa shape index (κ2) is 7.99. The van der Waals surface area contributed by atoms with Crippen LogP contribution in [0.4, 0.5) is 4.79 Å². The van der Waals surface area contributed by atoms with Gasteiger partial charge in [0.05, 0.1) is 0 Å². The lowest BCUT2D eigenvalue weighted by molar-refractivity contribution is 0.0187. The van der Waals surface area contributed by atoms with Crippen LogP contribution in [-0.4, -0.2) is 35.7 Å². The van der Waals surface area contributed by atoms with E-state index in [1.165, 1.54) is 5.56 Å². The smallest absolute Gasteiger partial charge is 0.410 e. The fourth-order valence-corrected chi connectivity index (χ4v) is 3.22. The highest BCUT2D eigenvalue weighted by atomic mass is 79.9. The number of carbonyl (C=O) groups excluding carboxylic acids is 1. The summed E-state index contributed by atoms with van der Waals surface area (Å²) >= 11 is 7.00. The molecule has 1 saturated heterocycles. The molecule has 1 fully saturated rings. The van der Waals surface area contributed by atoms with Gasteiger partial charge in [0.1, 0.15) is 5.60 Å². The number of carbonyl (C=O) groups is 1. The molecule has 1 heterocycles. The molecule has 1 amide bonds. The quantitative estimate of drug-likeness (QED) is 0.729. The molecule has 0 aliphatic carbocycles. The molecule has 1 aliphatic heterocycles. The van der Waals surface area contributed by atoms with Gasteiger partial charge < -0.3 is 15.0 Å².